The van der Waals surface area contributed by atoms with Crippen LogP contribution in [0, 0.1) is 11.6 Å². The lowest BCUT2D eigenvalue weighted by Gasteiger charge is -2.09. The molecule has 68 valence electrons. The highest BCUT2D eigenvalue weighted by Crippen LogP contribution is 2.21. The summed E-state index contributed by atoms with van der Waals surface area (Å²) in [4.78, 5) is 0. The quantitative estimate of drug-likeness (QED) is 0.613. The van der Waals surface area contributed by atoms with Gasteiger partial charge in [0, 0.05) is 6.07 Å². The van der Waals surface area contributed by atoms with Gasteiger partial charge in [0.1, 0.15) is 11.6 Å². The van der Waals surface area contributed by atoms with Gasteiger partial charge in [0.05, 0.1) is 7.85 Å². The van der Waals surface area contributed by atoms with Crippen LogP contribution < -0.4 is 0 Å². The zero-order valence-corrected chi connectivity index (χ0v) is 7.77. The lowest BCUT2D eigenvalue weighted by Crippen LogP contribution is -1.99. The first-order valence-electron chi connectivity index (χ1n) is 4.24. The van der Waals surface area contributed by atoms with E-state index in [1.165, 1.54) is 6.07 Å². The first kappa shape index (κ1) is 10.2. The van der Waals surface area contributed by atoms with Gasteiger partial charge in [-0.2, -0.15) is 0 Å². The van der Waals surface area contributed by atoms with Crippen LogP contribution in [0.1, 0.15) is 30.9 Å². The average molecular weight is 180 g/mol. The molecule has 0 unspecified atom stereocenters. The van der Waals surface area contributed by atoms with Crippen LogP contribution in [0.5, 0.6) is 0 Å². The molecule has 3 heteroatoms. The van der Waals surface area contributed by atoms with E-state index < -0.39 is 11.6 Å². The molecule has 0 aliphatic heterocycles. The standard InChI is InChI=1S/C10H11BF2/c1-6(2)8-3-7(5-11)9(12)4-10(8)13/h3-4,6H,5H2,1-2H3. The van der Waals surface area contributed by atoms with Gasteiger partial charge >= 0.3 is 0 Å². The fourth-order valence-electron chi connectivity index (χ4n) is 1.21. The molecule has 0 aliphatic carbocycles. The molecular weight excluding hydrogens is 169 g/mol. The predicted octanol–water partition coefficient (Wildman–Crippen LogP) is 2.76. The summed E-state index contributed by atoms with van der Waals surface area (Å²) in [6.45, 7) is 3.72. The van der Waals surface area contributed by atoms with E-state index >= 15 is 0 Å². The Hall–Kier alpha value is -0.855. The summed E-state index contributed by atoms with van der Waals surface area (Å²) >= 11 is 0. The molecule has 0 aromatic heterocycles. The van der Waals surface area contributed by atoms with E-state index in [9.17, 15) is 8.78 Å². The molecule has 13 heavy (non-hydrogen) atoms. The molecule has 0 aliphatic rings. The minimum absolute atomic E-state index is 0.0471. The Kier molecular flexibility index (Phi) is 3.07. The number of hydrogen-bond acceptors (Lipinski definition) is 0. The first-order valence-corrected chi connectivity index (χ1v) is 4.24. The van der Waals surface area contributed by atoms with Crippen molar-refractivity contribution in [2.45, 2.75) is 26.1 Å². The fourth-order valence-corrected chi connectivity index (χ4v) is 1.21. The summed E-state index contributed by atoms with van der Waals surface area (Å²) in [5, 5.41) is 0. The predicted molar refractivity (Wildman–Crippen MR) is 49.9 cm³/mol. The minimum atomic E-state index is -0.565. The second-order valence-electron chi connectivity index (χ2n) is 3.32. The normalized spacial score (nSPS) is 10.8. The molecule has 1 aromatic rings. The van der Waals surface area contributed by atoms with E-state index in [2.05, 4.69) is 0 Å². The third kappa shape index (κ3) is 2.08. The van der Waals surface area contributed by atoms with Crippen molar-refractivity contribution in [3.8, 4) is 0 Å². The van der Waals surface area contributed by atoms with Crippen molar-refractivity contribution in [3.63, 3.8) is 0 Å². The third-order valence-corrected chi connectivity index (χ3v) is 2.01. The number of hydrogen-bond donors (Lipinski definition) is 0. The van der Waals surface area contributed by atoms with Gasteiger partial charge < -0.3 is 0 Å². The van der Waals surface area contributed by atoms with Crippen molar-refractivity contribution in [3.05, 3.63) is 34.9 Å². The SMILES string of the molecule is [B]Cc1cc(C(C)C)c(F)cc1F. The maximum atomic E-state index is 13.1. The third-order valence-electron chi connectivity index (χ3n) is 2.01. The molecule has 0 fully saturated rings. The van der Waals surface area contributed by atoms with Crippen LogP contribution in [0.4, 0.5) is 8.78 Å². The summed E-state index contributed by atoms with van der Waals surface area (Å²) in [6, 6.07) is 2.40. The number of halogens is 2. The Labute approximate surface area is 78.4 Å². The van der Waals surface area contributed by atoms with E-state index in [1.54, 1.807) is 0 Å². The van der Waals surface area contributed by atoms with Gasteiger partial charge in [-0.25, -0.2) is 8.78 Å². The van der Waals surface area contributed by atoms with Crippen LogP contribution in [-0.4, -0.2) is 7.85 Å². The monoisotopic (exact) mass is 180 g/mol. The van der Waals surface area contributed by atoms with Crippen LogP contribution in [0.3, 0.4) is 0 Å². The average Bonchev–Trinajstić information content (AvgIpc) is 2.03. The Balaban J connectivity index is 3.22. The van der Waals surface area contributed by atoms with Crippen molar-refractivity contribution in [2.24, 2.45) is 0 Å². The highest BCUT2D eigenvalue weighted by molar-refractivity contribution is 6.08. The van der Waals surface area contributed by atoms with Crippen molar-refractivity contribution in [2.75, 3.05) is 0 Å². The van der Waals surface area contributed by atoms with Crippen LogP contribution in [0.25, 0.3) is 0 Å². The van der Waals surface area contributed by atoms with Gasteiger partial charge in [0.2, 0.25) is 0 Å². The minimum Gasteiger partial charge on any atom is -0.207 e. The molecule has 0 N–H and O–H groups in total. The van der Waals surface area contributed by atoms with E-state index in [1.807, 2.05) is 13.8 Å². The second-order valence-corrected chi connectivity index (χ2v) is 3.32. The Bertz CT molecular complexity index is 308. The molecule has 0 amide bonds. The molecule has 0 saturated heterocycles. The molecule has 0 nitrogen and oxygen atoms in total. The van der Waals surface area contributed by atoms with Crippen molar-refractivity contribution < 1.29 is 8.78 Å². The van der Waals surface area contributed by atoms with Gasteiger partial charge in [0.25, 0.3) is 0 Å². The summed E-state index contributed by atoms with van der Waals surface area (Å²) in [6.07, 6.45) is 0.103. The highest BCUT2D eigenvalue weighted by atomic mass is 19.1. The first-order chi connectivity index (χ1) is 6.06. The number of benzene rings is 1. The maximum absolute atomic E-state index is 13.1. The van der Waals surface area contributed by atoms with E-state index in [0.717, 1.165) is 6.07 Å². The Morgan fingerprint density at radius 2 is 1.85 bits per heavy atom. The topological polar surface area (TPSA) is 0 Å². The van der Waals surface area contributed by atoms with Gasteiger partial charge in [-0.15, -0.1) is 0 Å². The molecule has 2 radical (unpaired) electrons. The molecule has 0 atom stereocenters. The fraction of sp³-hybridized carbons (Fsp3) is 0.400. The van der Waals surface area contributed by atoms with E-state index in [0.29, 0.717) is 11.1 Å². The molecule has 0 spiro atoms. The van der Waals surface area contributed by atoms with E-state index in [-0.39, 0.29) is 12.2 Å². The smallest absolute Gasteiger partial charge is 0.129 e. The molecule has 1 aromatic carbocycles. The Morgan fingerprint density at radius 1 is 1.23 bits per heavy atom. The summed E-state index contributed by atoms with van der Waals surface area (Å²) < 4.78 is 26.1. The zero-order valence-electron chi connectivity index (χ0n) is 7.77. The summed E-state index contributed by atoms with van der Waals surface area (Å²) in [7, 11) is 5.31. The van der Waals surface area contributed by atoms with Crippen molar-refractivity contribution in [1.82, 2.24) is 0 Å². The summed E-state index contributed by atoms with van der Waals surface area (Å²) in [5.41, 5.74) is 0.881. The highest BCUT2D eigenvalue weighted by Gasteiger charge is 2.10. The molecule has 0 saturated carbocycles. The van der Waals surface area contributed by atoms with Gasteiger partial charge in [-0.05, 0) is 17.0 Å². The number of rotatable bonds is 2. The van der Waals surface area contributed by atoms with Crippen molar-refractivity contribution in [1.29, 1.82) is 0 Å². The van der Waals surface area contributed by atoms with Crippen LogP contribution >= 0.6 is 0 Å². The van der Waals surface area contributed by atoms with Crippen LogP contribution in [0.15, 0.2) is 12.1 Å². The summed E-state index contributed by atoms with van der Waals surface area (Å²) in [5.74, 6) is -1.01. The Morgan fingerprint density at radius 3 is 2.31 bits per heavy atom. The molecule has 0 bridgehead atoms. The molecule has 1 rings (SSSR count). The largest absolute Gasteiger partial charge is 0.207 e. The molecular formula is C10H11BF2. The van der Waals surface area contributed by atoms with Crippen LogP contribution in [-0.2, 0) is 6.32 Å². The second kappa shape index (κ2) is 3.90. The maximum Gasteiger partial charge on any atom is 0.129 e. The van der Waals surface area contributed by atoms with Crippen LogP contribution in [0.2, 0.25) is 0 Å². The van der Waals surface area contributed by atoms with E-state index in [4.69, 9.17) is 7.85 Å². The lowest BCUT2D eigenvalue weighted by molar-refractivity contribution is 0.559. The lowest BCUT2D eigenvalue weighted by atomic mass is 9.92. The molecule has 0 heterocycles. The van der Waals surface area contributed by atoms with Gasteiger partial charge in [-0.1, -0.05) is 26.2 Å². The van der Waals surface area contributed by atoms with Gasteiger partial charge in [0.15, 0.2) is 0 Å². The van der Waals surface area contributed by atoms with Gasteiger partial charge in [-0.3, -0.25) is 0 Å². The van der Waals surface area contributed by atoms with Crippen molar-refractivity contribution >= 4 is 7.85 Å². The zero-order chi connectivity index (χ0) is 10.0.